The van der Waals surface area contributed by atoms with Crippen molar-refractivity contribution in [2.75, 3.05) is 0 Å². The van der Waals surface area contributed by atoms with Crippen LogP contribution in [-0.4, -0.2) is 4.57 Å². The maximum absolute atomic E-state index is 2.50. The molecule has 0 aliphatic heterocycles. The summed E-state index contributed by atoms with van der Waals surface area (Å²) in [6, 6.07) is 62.6. The number of unbranched alkanes of at least 4 members (excludes halogenated alkanes) is 1. The topological polar surface area (TPSA) is 4.93 Å². The van der Waals surface area contributed by atoms with Crippen molar-refractivity contribution >= 4 is 43.4 Å². The molecule has 0 aliphatic rings. The van der Waals surface area contributed by atoms with Crippen LogP contribution in [-0.2, 0) is 6.54 Å². The second-order valence-corrected chi connectivity index (χ2v) is 13.1. The van der Waals surface area contributed by atoms with Crippen LogP contribution in [0.5, 0.6) is 0 Å². The van der Waals surface area contributed by atoms with Gasteiger partial charge in [-0.2, -0.15) is 0 Å². The zero-order chi connectivity index (χ0) is 32.7. The maximum Gasteiger partial charge on any atom is 0.0491 e. The van der Waals surface area contributed by atoms with Crippen LogP contribution < -0.4 is 0 Å². The molecule has 8 aromatic carbocycles. The molecular weight excluding hydrogens is 591 g/mol. The quantitative estimate of drug-likeness (QED) is 0.155. The van der Waals surface area contributed by atoms with Crippen LogP contribution in [0.3, 0.4) is 0 Å². The predicted molar refractivity (Wildman–Crippen MR) is 211 cm³/mol. The first-order valence-corrected chi connectivity index (χ1v) is 17.5. The fraction of sp³-hybridized carbons (Fsp3) is 0.0833. The Bertz CT molecular complexity index is 2550. The summed E-state index contributed by atoms with van der Waals surface area (Å²) in [6.07, 6.45) is 2.37. The molecule has 1 aromatic heterocycles. The minimum Gasteiger partial charge on any atom is -0.340 e. The average Bonchev–Trinajstić information content (AvgIpc) is 3.49. The number of aryl methyl sites for hydroxylation is 1. The van der Waals surface area contributed by atoms with E-state index in [1.807, 2.05) is 0 Å². The second kappa shape index (κ2) is 12.3. The lowest BCUT2D eigenvalue weighted by molar-refractivity contribution is 0.665. The third-order valence-corrected chi connectivity index (χ3v) is 10.2. The summed E-state index contributed by atoms with van der Waals surface area (Å²) in [5.41, 5.74) is 12.7. The summed E-state index contributed by atoms with van der Waals surface area (Å²) in [6.45, 7) is 3.31. The Hall–Kier alpha value is -5.92. The molecule has 49 heavy (non-hydrogen) atoms. The normalized spacial score (nSPS) is 11.6. The smallest absolute Gasteiger partial charge is 0.0491 e. The monoisotopic (exact) mass is 627 g/mol. The number of rotatable bonds is 7. The fourth-order valence-corrected chi connectivity index (χ4v) is 7.83. The molecule has 1 heterocycles. The summed E-state index contributed by atoms with van der Waals surface area (Å²) >= 11 is 0. The molecule has 0 saturated carbocycles. The highest BCUT2D eigenvalue weighted by Gasteiger charge is 2.17. The number of aromatic nitrogens is 1. The van der Waals surface area contributed by atoms with Gasteiger partial charge in [-0.15, -0.1) is 0 Å². The molecule has 9 rings (SSSR count). The van der Waals surface area contributed by atoms with Gasteiger partial charge in [0.2, 0.25) is 0 Å². The van der Waals surface area contributed by atoms with Crippen molar-refractivity contribution in [3.63, 3.8) is 0 Å². The van der Waals surface area contributed by atoms with Crippen molar-refractivity contribution in [1.82, 2.24) is 4.57 Å². The molecule has 9 aromatic rings. The molecule has 0 radical (unpaired) electrons. The van der Waals surface area contributed by atoms with Crippen molar-refractivity contribution in [3.8, 4) is 44.5 Å². The van der Waals surface area contributed by atoms with E-state index >= 15 is 0 Å². The predicted octanol–water partition coefficient (Wildman–Crippen LogP) is 13.6. The molecule has 0 bridgehead atoms. The van der Waals surface area contributed by atoms with Crippen LogP contribution in [0.1, 0.15) is 19.8 Å². The summed E-state index contributed by atoms with van der Waals surface area (Å²) < 4.78 is 2.50. The van der Waals surface area contributed by atoms with Crippen LogP contribution in [0.25, 0.3) is 87.9 Å². The van der Waals surface area contributed by atoms with Gasteiger partial charge >= 0.3 is 0 Å². The first kappa shape index (κ1) is 29.2. The number of fused-ring (bicyclic) bond motifs is 5. The van der Waals surface area contributed by atoms with E-state index in [1.165, 1.54) is 101 Å². The van der Waals surface area contributed by atoms with Gasteiger partial charge in [0.15, 0.2) is 0 Å². The molecule has 0 unspecified atom stereocenters. The number of hydrogen-bond acceptors (Lipinski definition) is 0. The van der Waals surface area contributed by atoms with Crippen LogP contribution in [0.15, 0.2) is 170 Å². The lowest BCUT2D eigenvalue weighted by Crippen LogP contribution is -1.96. The lowest BCUT2D eigenvalue weighted by Gasteiger charge is -2.18. The van der Waals surface area contributed by atoms with E-state index in [0.717, 1.165) is 6.54 Å². The third-order valence-electron chi connectivity index (χ3n) is 10.2. The Kier molecular flexibility index (Phi) is 7.32. The minimum atomic E-state index is 1.05. The molecule has 0 fully saturated rings. The van der Waals surface area contributed by atoms with Crippen LogP contribution in [0.2, 0.25) is 0 Å². The van der Waals surface area contributed by atoms with E-state index in [1.54, 1.807) is 0 Å². The first-order valence-electron chi connectivity index (χ1n) is 17.5. The molecule has 0 saturated heterocycles. The van der Waals surface area contributed by atoms with Crippen LogP contribution >= 0.6 is 0 Å². The molecular formula is C48H37N. The number of para-hydroxylation sites is 1. The molecule has 0 amide bonds. The molecule has 0 spiro atoms. The van der Waals surface area contributed by atoms with Gasteiger partial charge in [0, 0.05) is 28.4 Å². The molecule has 1 nitrogen and oxygen atoms in total. The van der Waals surface area contributed by atoms with E-state index in [2.05, 4.69) is 181 Å². The number of benzene rings is 8. The fourth-order valence-electron chi connectivity index (χ4n) is 7.83. The van der Waals surface area contributed by atoms with E-state index < -0.39 is 0 Å². The number of nitrogens with zero attached hydrogens (tertiary/aromatic N) is 1. The lowest BCUT2D eigenvalue weighted by atomic mass is 9.85. The molecule has 0 N–H and O–H groups in total. The van der Waals surface area contributed by atoms with Gasteiger partial charge in [-0.25, -0.2) is 0 Å². The minimum absolute atomic E-state index is 1.05. The second-order valence-electron chi connectivity index (χ2n) is 13.1. The molecule has 0 atom stereocenters. The average molecular weight is 628 g/mol. The van der Waals surface area contributed by atoms with Gasteiger partial charge in [0.05, 0.1) is 0 Å². The Morgan fingerprint density at radius 1 is 0.347 bits per heavy atom. The summed E-state index contributed by atoms with van der Waals surface area (Å²) in [5, 5.41) is 7.77. The Labute approximate surface area is 287 Å². The zero-order valence-corrected chi connectivity index (χ0v) is 27.7. The van der Waals surface area contributed by atoms with Gasteiger partial charge < -0.3 is 4.57 Å². The Morgan fingerprint density at radius 2 is 0.755 bits per heavy atom. The van der Waals surface area contributed by atoms with E-state index in [-0.39, 0.29) is 0 Å². The van der Waals surface area contributed by atoms with Crippen molar-refractivity contribution in [1.29, 1.82) is 0 Å². The zero-order valence-electron chi connectivity index (χ0n) is 27.7. The SMILES string of the molecule is CCCCn1c2ccccc2c2cc(-c3ccc(-c4c5ccccc5c(-c5ccc(-c6ccccc6)cc5)c5ccccc45)cc3)ccc21. The third kappa shape index (κ3) is 5.02. The first-order chi connectivity index (χ1) is 24.3. The maximum atomic E-state index is 2.50. The van der Waals surface area contributed by atoms with Gasteiger partial charge in [-0.3, -0.25) is 0 Å². The highest BCUT2D eigenvalue weighted by atomic mass is 15.0. The summed E-state index contributed by atoms with van der Waals surface area (Å²) in [7, 11) is 0. The molecule has 234 valence electrons. The molecule has 1 heteroatoms. The van der Waals surface area contributed by atoms with E-state index in [0.29, 0.717) is 0 Å². The van der Waals surface area contributed by atoms with Crippen LogP contribution in [0.4, 0.5) is 0 Å². The highest BCUT2D eigenvalue weighted by molar-refractivity contribution is 6.21. The largest absolute Gasteiger partial charge is 0.340 e. The van der Waals surface area contributed by atoms with Gasteiger partial charge in [0.25, 0.3) is 0 Å². The van der Waals surface area contributed by atoms with Gasteiger partial charge in [-0.1, -0.05) is 165 Å². The summed E-state index contributed by atoms with van der Waals surface area (Å²) in [4.78, 5) is 0. The Balaban J connectivity index is 1.15. The Morgan fingerprint density at radius 3 is 1.31 bits per heavy atom. The van der Waals surface area contributed by atoms with Gasteiger partial charge in [-0.05, 0) is 90.7 Å². The number of hydrogen-bond donors (Lipinski definition) is 0. The van der Waals surface area contributed by atoms with Gasteiger partial charge in [0.1, 0.15) is 0 Å². The summed E-state index contributed by atoms with van der Waals surface area (Å²) in [5.74, 6) is 0. The van der Waals surface area contributed by atoms with E-state index in [4.69, 9.17) is 0 Å². The van der Waals surface area contributed by atoms with Crippen molar-refractivity contribution in [2.45, 2.75) is 26.3 Å². The highest BCUT2D eigenvalue weighted by Crippen LogP contribution is 2.44. The van der Waals surface area contributed by atoms with Crippen molar-refractivity contribution in [3.05, 3.63) is 170 Å². The van der Waals surface area contributed by atoms with Crippen molar-refractivity contribution < 1.29 is 0 Å². The van der Waals surface area contributed by atoms with Crippen LogP contribution in [0, 0.1) is 0 Å². The van der Waals surface area contributed by atoms with E-state index in [9.17, 15) is 0 Å². The molecule has 0 aliphatic carbocycles. The van der Waals surface area contributed by atoms with Crippen molar-refractivity contribution in [2.24, 2.45) is 0 Å². The standard InChI is InChI=1S/C48H37N/c1-2-3-31-49-45-20-12-11-15-39(45)44-32-38(29-30-46(44)49)35-23-27-37(28-24-35)48-42-18-9-7-16-40(42)47(41-17-8-10-19-43(41)48)36-25-21-34(22-26-36)33-13-5-4-6-14-33/h4-30,32H,2-3,31H2,1H3.